The fourth-order valence-electron chi connectivity index (χ4n) is 1.69. The molecule has 1 aromatic carbocycles. The Morgan fingerprint density at radius 2 is 2.24 bits per heavy atom. The largest absolute Gasteiger partial charge is 0.493 e. The molecular weight excluding hydrogens is 274 g/mol. The molecule has 1 aromatic heterocycles. The molecule has 0 amide bonds. The number of carboxylic acids is 1. The number of hydrogen-bond donors (Lipinski definition) is 1. The van der Waals surface area contributed by atoms with Gasteiger partial charge in [0.05, 0.1) is 13.3 Å². The minimum atomic E-state index is -1.01. The van der Waals surface area contributed by atoms with Crippen LogP contribution in [0.2, 0.25) is 0 Å². The van der Waals surface area contributed by atoms with Crippen LogP contribution in [0.5, 0.6) is 11.5 Å². The van der Waals surface area contributed by atoms with E-state index in [-0.39, 0.29) is 6.61 Å². The van der Waals surface area contributed by atoms with E-state index >= 15 is 0 Å². The highest BCUT2D eigenvalue weighted by atomic mass is 16.5. The lowest BCUT2D eigenvalue weighted by Crippen LogP contribution is -1.98. The smallest absolute Gasteiger partial charge is 0.328 e. The molecular formula is C14H15N3O4. The van der Waals surface area contributed by atoms with Crippen molar-refractivity contribution in [2.75, 3.05) is 7.11 Å². The SMILES string of the molecule is COc1ccc(/C=C/C(=O)O)cc1OCc1cn(C)nn1. The molecule has 0 spiro atoms. The van der Waals surface area contributed by atoms with Crippen LogP contribution < -0.4 is 9.47 Å². The van der Waals surface area contributed by atoms with E-state index in [1.807, 2.05) is 0 Å². The molecule has 0 fully saturated rings. The fourth-order valence-corrected chi connectivity index (χ4v) is 1.69. The van der Waals surface area contributed by atoms with E-state index in [1.165, 1.54) is 13.2 Å². The highest BCUT2D eigenvalue weighted by Crippen LogP contribution is 2.29. The molecule has 0 radical (unpaired) electrons. The molecule has 0 bridgehead atoms. The maximum Gasteiger partial charge on any atom is 0.328 e. The van der Waals surface area contributed by atoms with Gasteiger partial charge in [-0.3, -0.25) is 4.68 Å². The predicted molar refractivity (Wildman–Crippen MR) is 75.0 cm³/mol. The lowest BCUT2D eigenvalue weighted by molar-refractivity contribution is -0.131. The summed E-state index contributed by atoms with van der Waals surface area (Å²) in [5.41, 5.74) is 1.39. The number of aromatic nitrogens is 3. The number of carboxylic acid groups (broad SMARTS) is 1. The van der Waals surface area contributed by atoms with Gasteiger partial charge in [0.15, 0.2) is 11.5 Å². The van der Waals surface area contributed by atoms with Gasteiger partial charge in [-0.25, -0.2) is 4.79 Å². The summed E-state index contributed by atoms with van der Waals surface area (Å²) in [6.07, 6.45) is 4.30. The Kier molecular flexibility index (Phi) is 4.55. The Morgan fingerprint density at radius 1 is 1.43 bits per heavy atom. The maximum atomic E-state index is 10.5. The minimum absolute atomic E-state index is 0.246. The Labute approximate surface area is 121 Å². The van der Waals surface area contributed by atoms with E-state index in [0.717, 1.165) is 6.08 Å². The van der Waals surface area contributed by atoms with Crippen molar-refractivity contribution in [1.29, 1.82) is 0 Å². The monoisotopic (exact) mass is 289 g/mol. The van der Waals surface area contributed by atoms with Gasteiger partial charge >= 0.3 is 5.97 Å². The van der Waals surface area contributed by atoms with E-state index in [9.17, 15) is 4.79 Å². The molecule has 0 unspecified atom stereocenters. The number of aryl methyl sites for hydroxylation is 1. The summed E-state index contributed by atoms with van der Waals surface area (Å²) in [7, 11) is 3.31. The van der Waals surface area contributed by atoms with Crippen molar-refractivity contribution in [2.24, 2.45) is 7.05 Å². The first-order valence-electron chi connectivity index (χ1n) is 6.15. The lowest BCUT2D eigenvalue weighted by atomic mass is 10.2. The first-order valence-corrected chi connectivity index (χ1v) is 6.15. The van der Waals surface area contributed by atoms with E-state index in [4.69, 9.17) is 14.6 Å². The number of benzene rings is 1. The molecule has 0 saturated carbocycles. The topological polar surface area (TPSA) is 86.5 Å². The number of ether oxygens (including phenoxy) is 2. The summed E-state index contributed by atoms with van der Waals surface area (Å²) in [6.45, 7) is 0.246. The number of nitrogens with zero attached hydrogens (tertiary/aromatic N) is 3. The Bertz CT molecular complexity index is 664. The predicted octanol–water partition coefficient (Wildman–Crippen LogP) is 1.50. The third-order valence-corrected chi connectivity index (χ3v) is 2.63. The number of methoxy groups -OCH3 is 1. The van der Waals surface area contributed by atoms with Crippen LogP contribution in [0.25, 0.3) is 6.08 Å². The molecule has 110 valence electrons. The summed E-state index contributed by atoms with van der Waals surface area (Å²) in [6, 6.07) is 5.16. The molecule has 7 heteroatoms. The van der Waals surface area contributed by atoms with Crippen molar-refractivity contribution in [3.8, 4) is 11.5 Å². The van der Waals surface area contributed by atoms with Gasteiger partial charge in [0.2, 0.25) is 0 Å². The summed E-state index contributed by atoms with van der Waals surface area (Å²) in [5, 5.41) is 16.4. The van der Waals surface area contributed by atoms with Crippen molar-refractivity contribution in [1.82, 2.24) is 15.0 Å². The van der Waals surface area contributed by atoms with Gasteiger partial charge in [0.25, 0.3) is 0 Å². The molecule has 2 aromatic rings. The van der Waals surface area contributed by atoms with Crippen molar-refractivity contribution in [2.45, 2.75) is 6.61 Å². The molecule has 21 heavy (non-hydrogen) atoms. The summed E-state index contributed by atoms with van der Waals surface area (Å²) in [5.74, 6) is 0.0647. The number of carbonyl (C=O) groups is 1. The normalized spacial score (nSPS) is 10.8. The maximum absolute atomic E-state index is 10.5. The molecule has 0 aliphatic rings. The van der Waals surface area contributed by atoms with Gasteiger partial charge in [0, 0.05) is 13.1 Å². The minimum Gasteiger partial charge on any atom is -0.493 e. The molecule has 0 atom stereocenters. The lowest BCUT2D eigenvalue weighted by Gasteiger charge is -2.10. The second-order valence-electron chi connectivity index (χ2n) is 4.25. The van der Waals surface area contributed by atoms with Gasteiger partial charge in [0.1, 0.15) is 12.3 Å². The van der Waals surface area contributed by atoms with Gasteiger partial charge < -0.3 is 14.6 Å². The average molecular weight is 289 g/mol. The van der Waals surface area contributed by atoms with Gasteiger partial charge in [-0.05, 0) is 23.8 Å². The summed E-state index contributed by atoms with van der Waals surface area (Å²) in [4.78, 5) is 10.5. The second-order valence-corrected chi connectivity index (χ2v) is 4.25. The van der Waals surface area contributed by atoms with Crippen LogP contribution in [0, 0.1) is 0 Å². The standard InChI is InChI=1S/C14H15N3O4/c1-17-8-11(15-16-17)9-21-13-7-10(4-6-14(18)19)3-5-12(13)20-2/h3-8H,9H2,1-2H3,(H,18,19)/b6-4+. The molecule has 0 aliphatic heterocycles. The first-order chi connectivity index (χ1) is 10.1. The molecule has 7 nitrogen and oxygen atoms in total. The highest BCUT2D eigenvalue weighted by Gasteiger charge is 2.07. The van der Waals surface area contributed by atoms with Crippen LogP contribution in [0.3, 0.4) is 0 Å². The Balaban J connectivity index is 2.15. The van der Waals surface area contributed by atoms with Gasteiger partial charge in [-0.1, -0.05) is 11.3 Å². The van der Waals surface area contributed by atoms with Crippen LogP contribution in [0.1, 0.15) is 11.3 Å². The molecule has 1 N–H and O–H groups in total. The van der Waals surface area contributed by atoms with Gasteiger partial charge in [-0.2, -0.15) is 0 Å². The van der Waals surface area contributed by atoms with Crippen molar-refractivity contribution in [3.05, 3.63) is 41.7 Å². The van der Waals surface area contributed by atoms with Crippen LogP contribution in [-0.2, 0) is 18.4 Å². The third kappa shape index (κ3) is 4.07. The van der Waals surface area contributed by atoms with Crippen molar-refractivity contribution in [3.63, 3.8) is 0 Å². The fraction of sp³-hybridized carbons (Fsp3) is 0.214. The van der Waals surface area contributed by atoms with Crippen LogP contribution >= 0.6 is 0 Å². The molecule has 2 rings (SSSR count). The van der Waals surface area contributed by atoms with Crippen LogP contribution in [0.4, 0.5) is 0 Å². The van der Waals surface area contributed by atoms with Crippen LogP contribution in [0.15, 0.2) is 30.5 Å². The van der Waals surface area contributed by atoms with E-state index in [0.29, 0.717) is 22.8 Å². The molecule has 0 saturated heterocycles. The third-order valence-electron chi connectivity index (χ3n) is 2.63. The second kappa shape index (κ2) is 6.56. The summed E-state index contributed by atoms with van der Waals surface area (Å²) < 4.78 is 12.5. The Hall–Kier alpha value is -2.83. The van der Waals surface area contributed by atoms with Crippen LogP contribution in [-0.4, -0.2) is 33.2 Å². The molecule has 1 heterocycles. The molecule has 0 aliphatic carbocycles. The summed E-state index contributed by atoms with van der Waals surface area (Å²) >= 11 is 0. The van der Waals surface area contributed by atoms with Crippen molar-refractivity contribution >= 4 is 12.0 Å². The zero-order valence-electron chi connectivity index (χ0n) is 11.7. The highest BCUT2D eigenvalue weighted by molar-refractivity contribution is 5.85. The number of hydrogen-bond acceptors (Lipinski definition) is 5. The first kappa shape index (κ1) is 14.6. The number of aliphatic carboxylic acids is 1. The quantitative estimate of drug-likeness (QED) is 0.811. The van der Waals surface area contributed by atoms with E-state index in [1.54, 1.807) is 36.1 Å². The zero-order valence-corrected chi connectivity index (χ0v) is 11.7. The van der Waals surface area contributed by atoms with E-state index < -0.39 is 5.97 Å². The van der Waals surface area contributed by atoms with E-state index in [2.05, 4.69) is 10.3 Å². The zero-order chi connectivity index (χ0) is 15.2. The average Bonchev–Trinajstić information content (AvgIpc) is 2.88. The number of rotatable bonds is 6. The Morgan fingerprint density at radius 3 is 2.86 bits per heavy atom. The van der Waals surface area contributed by atoms with Crippen molar-refractivity contribution < 1.29 is 19.4 Å². The van der Waals surface area contributed by atoms with Gasteiger partial charge in [-0.15, -0.1) is 5.10 Å².